The Bertz CT molecular complexity index is 187. The second-order valence-corrected chi connectivity index (χ2v) is 3.55. The molecule has 5 atom stereocenters. The molecule has 0 radical (unpaired) electrons. The molecule has 0 unspecified atom stereocenters. The lowest BCUT2D eigenvalue weighted by atomic mass is 9.99. The maximum Gasteiger partial charge on any atom is 0.186 e. The quantitative estimate of drug-likeness (QED) is 0.687. The average molecular weight is 220 g/mol. The van der Waals surface area contributed by atoms with E-state index in [9.17, 15) is 0 Å². The van der Waals surface area contributed by atoms with Crippen molar-refractivity contribution >= 4 is 0 Å². The molecule has 0 aromatic heterocycles. The van der Waals surface area contributed by atoms with Gasteiger partial charge in [0, 0.05) is 28.4 Å². The van der Waals surface area contributed by atoms with Crippen molar-refractivity contribution < 1.29 is 23.7 Å². The Morgan fingerprint density at radius 3 is 1.67 bits per heavy atom. The van der Waals surface area contributed by atoms with Crippen LogP contribution in [-0.2, 0) is 23.7 Å². The minimum Gasteiger partial charge on any atom is -0.376 e. The summed E-state index contributed by atoms with van der Waals surface area (Å²) in [5.41, 5.74) is 0. The maximum atomic E-state index is 5.62. The molecule has 0 N–H and O–H groups in total. The van der Waals surface area contributed by atoms with Crippen LogP contribution < -0.4 is 0 Å². The van der Waals surface area contributed by atoms with Gasteiger partial charge in [-0.15, -0.1) is 0 Å². The highest BCUT2D eigenvalue weighted by molar-refractivity contribution is 4.90. The van der Waals surface area contributed by atoms with Crippen molar-refractivity contribution in [2.75, 3.05) is 28.4 Å². The summed E-state index contributed by atoms with van der Waals surface area (Å²) in [4.78, 5) is 0. The Morgan fingerprint density at radius 2 is 1.27 bits per heavy atom. The van der Waals surface area contributed by atoms with Crippen molar-refractivity contribution in [3.05, 3.63) is 0 Å². The third kappa shape index (κ3) is 2.49. The zero-order chi connectivity index (χ0) is 11.4. The van der Waals surface area contributed by atoms with Crippen LogP contribution in [0.15, 0.2) is 0 Å². The Hall–Kier alpha value is -0.200. The predicted molar refractivity (Wildman–Crippen MR) is 53.7 cm³/mol. The molecule has 0 aromatic rings. The normalized spacial score (nSPS) is 41.8. The van der Waals surface area contributed by atoms with Gasteiger partial charge in [-0.1, -0.05) is 0 Å². The standard InChI is InChI=1S/C10H20O5/c1-6-7(11-2)8(12-3)9(13-4)10(14-5)15-6/h6-10H,1-5H3/t6-,7-,8+,9+,10+/m1/s1. The summed E-state index contributed by atoms with van der Waals surface area (Å²) in [6, 6.07) is 0. The fourth-order valence-corrected chi connectivity index (χ4v) is 2.00. The third-order valence-electron chi connectivity index (χ3n) is 2.78. The van der Waals surface area contributed by atoms with Gasteiger partial charge in [-0.05, 0) is 6.92 Å². The van der Waals surface area contributed by atoms with Crippen LogP contribution >= 0.6 is 0 Å². The van der Waals surface area contributed by atoms with Gasteiger partial charge >= 0.3 is 0 Å². The predicted octanol–water partition coefficient (Wildman–Crippen LogP) is 0.423. The molecular weight excluding hydrogens is 200 g/mol. The first-order valence-corrected chi connectivity index (χ1v) is 4.96. The second kappa shape index (κ2) is 5.77. The lowest BCUT2D eigenvalue weighted by Gasteiger charge is -2.43. The van der Waals surface area contributed by atoms with Crippen molar-refractivity contribution in [3.8, 4) is 0 Å². The first kappa shape index (κ1) is 12.9. The molecule has 1 heterocycles. The summed E-state index contributed by atoms with van der Waals surface area (Å²) in [5, 5.41) is 0. The molecular formula is C10H20O5. The van der Waals surface area contributed by atoms with Gasteiger partial charge in [0.25, 0.3) is 0 Å². The molecule has 1 saturated heterocycles. The van der Waals surface area contributed by atoms with Crippen LogP contribution in [0.5, 0.6) is 0 Å². The number of hydrogen-bond donors (Lipinski definition) is 0. The Balaban J connectivity index is 2.80. The number of rotatable bonds is 4. The molecule has 0 aliphatic carbocycles. The van der Waals surface area contributed by atoms with Gasteiger partial charge in [0.05, 0.1) is 6.10 Å². The van der Waals surface area contributed by atoms with E-state index >= 15 is 0 Å². The van der Waals surface area contributed by atoms with Crippen molar-refractivity contribution in [3.63, 3.8) is 0 Å². The lowest BCUT2D eigenvalue weighted by molar-refractivity contribution is -0.298. The first-order valence-electron chi connectivity index (χ1n) is 4.96. The Labute approximate surface area is 90.6 Å². The van der Waals surface area contributed by atoms with Gasteiger partial charge < -0.3 is 23.7 Å². The van der Waals surface area contributed by atoms with Gasteiger partial charge in [0.2, 0.25) is 0 Å². The molecule has 1 aliphatic rings. The molecule has 90 valence electrons. The smallest absolute Gasteiger partial charge is 0.186 e. The van der Waals surface area contributed by atoms with Gasteiger partial charge in [0.15, 0.2) is 6.29 Å². The molecule has 1 aliphatic heterocycles. The van der Waals surface area contributed by atoms with Crippen LogP contribution in [0.25, 0.3) is 0 Å². The molecule has 0 bridgehead atoms. The molecule has 0 aromatic carbocycles. The summed E-state index contributed by atoms with van der Waals surface area (Å²) in [5.74, 6) is 0. The van der Waals surface area contributed by atoms with Crippen molar-refractivity contribution in [1.82, 2.24) is 0 Å². The van der Waals surface area contributed by atoms with E-state index < -0.39 is 6.29 Å². The molecule has 0 amide bonds. The van der Waals surface area contributed by atoms with E-state index in [-0.39, 0.29) is 24.4 Å². The topological polar surface area (TPSA) is 46.2 Å². The minimum absolute atomic E-state index is 0.0868. The second-order valence-electron chi connectivity index (χ2n) is 3.55. The summed E-state index contributed by atoms with van der Waals surface area (Å²) < 4.78 is 26.9. The van der Waals surface area contributed by atoms with Gasteiger partial charge in [0.1, 0.15) is 18.3 Å². The summed E-state index contributed by atoms with van der Waals surface area (Å²) >= 11 is 0. The zero-order valence-electron chi connectivity index (χ0n) is 9.93. The van der Waals surface area contributed by atoms with E-state index in [0.29, 0.717) is 0 Å². The monoisotopic (exact) mass is 220 g/mol. The van der Waals surface area contributed by atoms with E-state index in [1.54, 1.807) is 28.4 Å². The molecule has 5 nitrogen and oxygen atoms in total. The van der Waals surface area contributed by atoms with Crippen LogP contribution in [0.1, 0.15) is 6.92 Å². The van der Waals surface area contributed by atoms with Crippen LogP contribution in [0.2, 0.25) is 0 Å². The zero-order valence-corrected chi connectivity index (χ0v) is 9.93. The van der Waals surface area contributed by atoms with Gasteiger partial charge in [-0.25, -0.2) is 0 Å². The molecule has 15 heavy (non-hydrogen) atoms. The first-order chi connectivity index (χ1) is 7.19. The van der Waals surface area contributed by atoms with E-state index in [0.717, 1.165) is 0 Å². The fraction of sp³-hybridized carbons (Fsp3) is 1.00. The lowest BCUT2D eigenvalue weighted by Crippen LogP contribution is -2.59. The minimum atomic E-state index is -0.415. The summed E-state index contributed by atoms with van der Waals surface area (Å²) in [6.07, 6.45) is -1.11. The van der Waals surface area contributed by atoms with E-state index in [1.807, 2.05) is 6.92 Å². The van der Waals surface area contributed by atoms with Crippen LogP contribution in [-0.4, -0.2) is 59.1 Å². The fourth-order valence-electron chi connectivity index (χ4n) is 2.00. The van der Waals surface area contributed by atoms with Crippen molar-refractivity contribution in [1.29, 1.82) is 0 Å². The molecule has 0 saturated carbocycles. The largest absolute Gasteiger partial charge is 0.376 e. The molecule has 1 rings (SSSR count). The Morgan fingerprint density at radius 1 is 0.733 bits per heavy atom. The number of methoxy groups -OCH3 is 4. The maximum absolute atomic E-state index is 5.62. The van der Waals surface area contributed by atoms with Crippen LogP contribution in [0.3, 0.4) is 0 Å². The molecule has 0 spiro atoms. The molecule has 1 fully saturated rings. The highest BCUT2D eigenvalue weighted by Crippen LogP contribution is 2.26. The summed E-state index contributed by atoms with van der Waals surface area (Å²) in [7, 11) is 6.46. The van der Waals surface area contributed by atoms with Gasteiger partial charge in [-0.3, -0.25) is 0 Å². The van der Waals surface area contributed by atoms with E-state index in [1.165, 1.54) is 0 Å². The van der Waals surface area contributed by atoms with Crippen LogP contribution in [0, 0.1) is 0 Å². The van der Waals surface area contributed by atoms with E-state index in [4.69, 9.17) is 23.7 Å². The number of ether oxygens (including phenoxy) is 5. The SMILES string of the molecule is CO[C@H]1O[C@H](C)[C@@H](OC)[C@H](OC)[C@@H]1OC. The third-order valence-corrected chi connectivity index (χ3v) is 2.78. The number of hydrogen-bond acceptors (Lipinski definition) is 5. The van der Waals surface area contributed by atoms with Crippen molar-refractivity contribution in [2.24, 2.45) is 0 Å². The highest BCUT2D eigenvalue weighted by Gasteiger charge is 2.45. The Kier molecular flexibility index (Phi) is 4.95. The van der Waals surface area contributed by atoms with E-state index in [2.05, 4.69) is 0 Å². The summed E-state index contributed by atoms with van der Waals surface area (Å²) in [6.45, 7) is 1.93. The van der Waals surface area contributed by atoms with Crippen molar-refractivity contribution in [2.45, 2.75) is 37.6 Å². The average Bonchev–Trinajstić information content (AvgIpc) is 2.27. The molecule has 5 heteroatoms. The van der Waals surface area contributed by atoms with Gasteiger partial charge in [-0.2, -0.15) is 0 Å². The van der Waals surface area contributed by atoms with Crippen LogP contribution in [0.4, 0.5) is 0 Å². The highest BCUT2D eigenvalue weighted by atomic mass is 16.7.